The van der Waals surface area contributed by atoms with Gasteiger partial charge in [0.25, 0.3) is 0 Å². The fourth-order valence-corrected chi connectivity index (χ4v) is 2.78. The molecule has 0 bridgehead atoms. The summed E-state index contributed by atoms with van der Waals surface area (Å²) in [7, 11) is 0. The van der Waals surface area contributed by atoms with Crippen LogP contribution in [0.5, 0.6) is 5.88 Å². The smallest absolute Gasteiger partial charge is 0.217 e. The number of rotatable bonds is 6. The normalized spacial score (nSPS) is 20.4. The first kappa shape index (κ1) is 12.9. The van der Waals surface area contributed by atoms with E-state index < -0.39 is 0 Å². The summed E-state index contributed by atoms with van der Waals surface area (Å²) in [6.45, 7) is 1.73. The van der Waals surface area contributed by atoms with Gasteiger partial charge in [-0.05, 0) is 37.7 Å². The lowest BCUT2D eigenvalue weighted by atomic mass is 9.90. The number of nitrogens with zero attached hydrogens (tertiary/aromatic N) is 1. The van der Waals surface area contributed by atoms with Crippen molar-refractivity contribution in [2.45, 2.75) is 57.5 Å². The van der Waals surface area contributed by atoms with Crippen molar-refractivity contribution >= 4 is 0 Å². The molecule has 0 spiro atoms. The van der Waals surface area contributed by atoms with Gasteiger partial charge in [-0.25, -0.2) is 4.98 Å². The van der Waals surface area contributed by atoms with Crippen LogP contribution in [0, 0.1) is 5.92 Å². The van der Waals surface area contributed by atoms with E-state index in [1.54, 1.807) is 0 Å². The molecule has 3 rings (SSSR count). The van der Waals surface area contributed by atoms with Gasteiger partial charge in [-0.3, -0.25) is 0 Å². The predicted molar refractivity (Wildman–Crippen MR) is 76.2 cm³/mol. The molecule has 1 aromatic heterocycles. The number of hydrogen-bond acceptors (Lipinski definition) is 3. The molecule has 3 nitrogen and oxygen atoms in total. The summed E-state index contributed by atoms with van der Waals surface area (Å²) in [6, 6.07) is 4.85. The molecule has 0 aromatic carbocycles. The Morgan fingerprint density at radius 2 is 2.00 bits per heavy atom. The summed E-state index contributed by atoms with van der Waals surface area (Å²) in [5.41, 5.74) is 1.20. The first-order valence-electron chi connectivity index (χ1n) is 7.72. The van der Waals surface area contributed by atoms with Gasteiger partial charge < -0.3 is 10.1 Å². The second-order valence-corrected chi connectivity index (χ2v) is 5.94. The first-order valence-corrected chi connectivity index (χ1v) is 7.72. The minimum Gasteiger partial charge on any atom is -0.477 e. The van der Waals surface area contributed by atoms with Gasteiger partial charge in [0.15, 0.2) is 0 Å². The summed E-state index contributed by atoms with van der Waals surface area (Å²) in [5, 5.41) is 3.53. The third kappa shape index (κ3) is 3.93. The SMILES string of the molecule is c1cnc(OCC2CCCCC2)c(CNC2CC2)c1. The zero-order chi connectivity index (χ0) is 12.9. The molecule has 0 atom stereocenters. The highest BCUT2D eigenvalue weighted by atomic mass is 16.5. The molecule has 0 radical (unpaired) electrons. The molecule has 19 heavy (non-hydrogen) atoms. The van der Waals surface area contributed by atoms with E-state index in [2.05, 4.69) is 16.4 Å². The van der Waals surface area contributed by atoms with Crippen LogP contribution in [0.2, 0.25) is 0 Å². The third-order valence-electron chi connectivity index (χ3n) is 4.19. The fraction of sp³-hybridized carbons (Fsp3) is 0.688. The second-order valence-electron chi connectivity index (χ2n) is 5.94. The van der Waals surface area contributed by atoms with Gasteiger partial charge in [-0.15, -0.1) is 0 Å². The molecule has 0 saturated heterocycles. The zero-order valence-electron chi connectivity index (χ0n) is 11.6. The highest BCUT2D eigenvalue weighted by molar-refractivity contribution is 5.25. The van der Waals surface area contributed by atoms with Gasteiger partial charge in [0.05, 0.1) is 6.61 Å². The summed E-state index contributed by atoms with van der Waals surface area (Å²) in [6.07, 6.45) is 11.2. The van der Waals surface area contributed by atoms with E-state index in [1.807, 2.05) is 12.3 Å². The molecule has 1 aromatic rings. The Hall–Kier alpha value is -1.09. The van der Waals surface area contributed by atoms with Gasteiger partial charge in [0.2, 0.25) is 5.88 Å². The Morgan fingerprint density at radius 3 is 2.79 bits per heavy atom. The maximum atomic E-state index is 5.98. The quantitative estimate of drug-likeness (QED) is 0.852. The van der Waals surface area contributed by atoms with Crippen LogP contribution >= 0.6 is 0 Å². The van der Waals surface area contributed by atoms with Gasteiger partial charge in [0, 0.05) is 24.3 Å². The van der Waals surface area contributed by atoms with Crippen LogP contribution in [0.3, 0.4) is 0 Å². The number of ether oxygens (including phenoxy) is 1. The average Bonchev–Trinajstić information content (AvgIpc) is 3.29. The monoisotopic (exact) mass is 260 g/mol. The van der Waals surface area contributed by atoms with E-state index in [-0.39, 0.29) is 0 Å². The predicted octanol–water partition coefficient (Wildman–Crippen LogP) is 3.29. The second kappa shape index (κ2) is 6.38. The molecule has 2 fully saturated rings. The van der Waals surface area contributed by atoms with Crippen molar-refractivity contribution in [2.75, 3.05) is 6.61 Å². The topological polar surface area (TPSA) is 34.1 Å². The van der Waals surface area contributed by atoms with E-state index in [0.717, 1.165) is 31.0 Å². The number of aromatic nitrogens is 1. The Morgan fingerprint density at radius 1 is 1.16 bits per heavy atom. The molecular weight excluding hydrogens is 236 g/mol. The van der Waals surface area contributed by atoms with Crippen molar-refractivity contribution in [3.8, 4) is 5.88 Å². The largest absolute Gasteiger partial charge is 0.477 e. The Bertz CT molecular complexity index is 397. The maximum Gasteiger partial charge on any atom is 0.217 e. The standard InChI is InChI=1S/C16H24N2O/c1-2-5-13(6-3-1)12-19-16-14(7-4-10-17-16)11-18-15-8-9-15/h4,7,10,13,15,18H,1-3,5-6,8-9,11-12H2. The molecule has 2 saturated carbocycles. The number of nitrogens with one attached hydrogen (secondary N) is 1. The molecule has 104 valence electrons. The van der Waals surface area contributed by atoms with Crippen molar-refractivity contribution in [3.05, 3.63) is 23.9 Å². The molecule has 3 heteroatoms. The van der Waals surface area contributed by atoms with Crippen LogP contribution in [-0.2, 0) is 6.54 Å². The number of pyridine rings is 1. The minimum atomic E-state index is 0.728. The first-order chi connectivity index (χ1) is 9.42. The van der Waals surface area contributed by atoms with Crippen LogP contribution in [0.4, 0.5) is 0 Å². The van der Waals surface area contributed by atoms with Crippen molar-refractivity contribution in [3.63, 3.8) is 0 Å². The molecule has 0 unspecified atom stereocenters. The summed E-state index contributed by atoms with van der Waals surface area (Å²) in [4.78, 5) is 4.40. The average molecular weight is 260 g/mol. The molecule has 0 aliphatic heterocycles. The Balaban J connectivity index is 1.52. The zero-order valence-corrected chi connectivity index (χ0v) is 11.6. The fourth-order valence-electron chi connectivity index (χ4n) is 2.78. The van der Waals surface area contributed by atoms with Crippen LogP contribution in [-0.4, -0.2) is 17.6 Å². The summed E-state index contributed by atoms with van der Waals surface area (Å²) >= 11 is 0. The highest BCUT2D eigenvalue weighted by Gasteiger charge is 2.21. The molecule has 2 aliphatic carbocycles. The van der Waals surface area contributed by atoms with E-state index >= 15 is 0 Å². The minimum absolute atomic E-state index is 0.728. The van der Waals surface area contributed by atoms with Crippen molar-refractivity contribution in [1.82, 2.24) is 10.3 Å². The van der Waals surface area contributed by atoms with Crippen molar-refractivity contribution in [2.24, 2.45) is 5.92 Å². The molecule has 2 aliphatic rings. The number of hydrogen-bond donors (Lipinski definition) is 1. The van der Waals surface area contributed by atoms with Gasteiger partial charge in [-0.1, -0.05) is 25.3 Å². The van der Waals surface area contributed by atoms with Crippen LogP contribution in [0.15, 0.2) is 18.3 Å². The van der Waals surface area contributed by atoms with Crippen molar-refractivity contribution in [1.29, 1.82) is 0 Å². The molecule has 1 heterocycles. The lowest BCUT2D eigenvalue weighted by Gasteiger charge is -2.22. The van der Waals surface area contributed by atoms with Gasteiger partial charge in [-0.2, -0.15) is 0 Å². The summed E-state index contributed by atoms with van der Waals surface area (Å²) < 4.78 is 5.98. The summed E-state index contributed by atoms with van der Waals surface area (Å²) in [5.74, 6) is 1.57. The molecule has 1 N–H and O–H groups in total. The van der Waals surface area contributed by atoms with E-state index in [4.69, 9.17) is 4.74 Å². The van der Waals surface area contributed by atoms with E-state index in [9.17, 15) is 0 Å². The van der Waals surface area contributed by atoms with Gasteiger partial charge in [0.1, 0.15) is 0 Å². The highest BCUT2D eigenvalue weighted by Crippen LogP contribution is 2.25. The Kier molecular flexibility index (Phi) is 4.34. The lowest BCUT2D eigenvalue weighted by molar-refractivity contribution is 0.201. The Labute approximate surface area is 115 Å². The van der Waals surface area contributed by atoms with Crippen molar-refractivity contribution < 1.29 is 4.74 Å². The van der Waals surface area contributed by atoms with Crippen LogP contribution in [0.25, 0.3) is 0 Å². The van der Waals surface area contributed by atoms with E-state index in [1.165, 1.54) is 50.5 Å². The van der Waals surface area contributed by atoms with Crippen LogP contribution < -0.4 is 10.1 Å². The van der Waals surface area contributed by atoms with Crippen LogP contribution in [0.1, 0.15) is 50.5 Å². The molecule has 0 amide bonds. The third-order valence-corrected chi connectivity index (χ3v) is 4.19. The maximum absolute atomic E-state index is 5.98. The lowest BCUT2D eigenvalue weighted by Crippen LogP contribution is -2.19. The molecular formula is C16H24N2O. The van der Waals surface area contributed by atoms with E-state index in [0.29, 0.717) is 0 Å². The van der Waals surface area contributed by atoms with Gasteiger partial charge >= 0.3 is 0 Å².